The maximum Gasteiger partial charge on any atom is 0.373 e. The zero-order valence-electron chi connectivity index (χ0n) is 12.4. The minimum absolute atomic E-state index is 0.00386. The predicted octanol–water partition coefficient (Wildman–Crippen LogP) is 0.734. The standard InChI is InChI=1S/C13H20N2O5S/c1-9-11(6-10(20-9)12(16)19-3)21(17,18)15-5-4-13(2,7-14)8-15/h6H,4-5,7-8,14H2,1-3H3. The predicted molar refractivity (Wildman–Crippen MR) is 75.3 cm³/mol. The molecule has 0 aromatic carbocycles. The van der Waals surface area contributed by atoms with Crippen LogP contribution >= 0.6 is 0 Å². The summed E-state index contributed by atoms with van der Waals surface area (Å²) in [5.41, 5.74) is 5.49. The van der Waals surface area contributed by atoms with E-state index < -0.39 is 16.0 Å². The van der Waals surface area contributed by atoms with Crippen LogP contribution in [0.1, 0.15) is 29.7 Å². The maximum absolute atomic E-state index is 12.7. The average Bonchev–Trinajstić information content (AvgIpc) is 3.03. The highest BCUT2D eigenvalue weighted by atomic mass is 32.2. The van der Waals surface area contributed by atoms with Crippen LogP contribution in [0, 0.1) is 12.3 Å². The van der Waals surface area contributed by atoms with Gasteiger partial charge in [0.15, 0.2) is 0 Å². The summed E-state index contributed by atoms with van der Waals surface area (Å²) in [4.78, 5) is 11.4. The summed E-state index contributed by atoms with van der Waals surface area (Å²) in [5.74, 6) is -0.640. The van der Waals surface area contributed by atoms with Crippen molar-refractivity contribution in [3.05, 3.63) is 17.6 Å². The summed E-state index contributed by atoms with van der Waals surface area (Å²) in [6, 6.07) is 1.22. The lowest BCUT2D eigenvalue weighted by atomic mass is 9.90. The summed E-state index contributed by atoms with van der Waals surface area (Å²) < 4.78 is 36.4. The molecule has 1 aliphatic rings. The van der Waals surface area contributed by atoms with Crippen molar-refractivity contribution in [1.82, 2.24) is 4.31 Å². The third-order valence-corrected chi connectivity index (χ3v) is 5.84. The number of methoxy groups -OCH3 is 1. The maximum atomic E-state index is 12.7. The quantitative estimate of drug-likeness (QED) is 0.822. The number of carbonyl (C=O) groups excluding carboxylic acids is 1. The SMILES string of the molecule is COC(=O)c1cc(S(=O)(=O)N2CCC(C)(CN)C2)c(C)o1. The molecule has 1 atom stereocenters. The van der Waals surface area contributed by atoms with E-state index in [1.807, 2.05) is 6.92 Å². The molecule has 0 spiro atoms. The fourth-order valence-electron chi connectivity index (χ4n) is 2.41. The molecule has 0 aliphatic carbocycles. The Labute approximate surface area is 124 Å². The Morgan fingerprint density at radius 3 is 2.76 bits per heavy atom. The molecule has 2 N–H and O–H groups in total. The second kappa shape index (κ2) is 5.43. The second-order valence-corrected chi connectivity index (χ2v) is 7.53. The molecule has 1 aromatic rings. The van der Waals surface area contributed by atoms with E-state index >= 15 is 0 Å². The van der Waals surface area contributed by atoms with Gasteiger partial charge in [0, 0.05) is 19.2 Å². The first kappa shape index (κ1) is 16.0. The van der Waals surface area contributed by atoms with Crippen molar-refractivity contribution in [2.45, 2.75) is 25.2 Å². The van der Waals surface area contributed by atoms with Gasteiger partial charge in [-0.2, -0.15) is 4.31 Å². The number of carbonyl (C=O) groups is 1. The molecule has 1 saturated heterocycles. The number of ether oxygens (including phenoxy) is 1. The Hall–Kier alpha value is -1.38. The second-order valence-electron chi connectivity index (χ2n) is 5.63. The van der Waals surface area contributed by atoms with Crippen LogP contribution in [0.4, 0.5) is 0 Å². The van der Waals surface area contributed by atoms with Gasteiger partial charge < -0.3 is 14.9 Å². The number of esters is 1. The Morgan fingerprint density at radius 1 is 1.57 bits per heavy atom. The van der Waals surface area contributed by atoms with Crippen LogP contribution in [0.5, 0.6) is 0 Å². The molecule has 8 heteroatoms. The highest BCUT2D eigenvalue weighted by Crippen LogP contribution is 2.34. The van der Waals surface area contributed by atoms with E-state index in [1.165, 1.54) is 24.4 Å². The van der Waals surface area contributed by atoms with Crippen molar-refractivity contribution in [3.8, 4) is 0 Å². The van der Waals surface area contributed by atoms with Crippen molar-refractivity contribution in [2.75, 3.05) is 26.7 Å². The van der Waals surface area contributed by atoms with Gasteiger partial charge in [0.1, 0.15) is 10.7 Å². The number of furan rings is 1. The molecule has 2 rings (SSSR count). The van der Waals surface area contributed by atoms with Gasteiger partial charge >= 0.3 is 5.97 Å². The summed E-state index contributed by atoms with van der Waals surface area (Å²) in [5, 5.41) is 0. The van der Waals surface area contributed by atoms with Crippen LogP contribution in [0.2, 0.25) is 0 Å². The van der Waals surface area contributed by atoms with Crippen LogP contribution in [0.15, 0.2) is 15.4 Å². The molecular formula is C13H20N2O5S. The van der Waals surface area contributed by atoms with Gasteiger partial charge in [-0.15, -0.1) is 0 Å². The molecule has 1 fully saturated rings. The topological polar surface area (TPSA) is 103 Å². The van der Waals surface area contributed by atoms with E-state index in [-0.39, 0.29) is 21.8 Å². The highest BCUT2D eigenvalue weighted by Gasteiger charge is 2.40. The molecule has 1 aromatic heterocycles. The normalized spacial score (nSPS) is 23.4. The lowest BCUT2D eigenvalue weighted by Crippen LogP contribution is -2.34. The van der Waals surface area contributed by atoms with Gasteiger partial charge in [0.05, 0.1) is 7.11 Å². The number of sulfonamides is 1. The molecule has 0 amide bonds. The summed E-state index contributed by atoms with van der Waals surface area (Å²) in [6.07, 6.45) is 0.712. The van der Waals surface area contributed by atoms with Crippen molar-refractivity contribution in [2.24, 2.45) is 11.1 Å². The molecule has 1 unspecified atom stereocenters. The lowest BCUT2D eigenvalue weighted by molar-refractivity contribution is 0.0563. The summed E-state index contributed by atoms with van der Waals surface area (Å²) >= 11 is 0. The van der Waals surface area contributed by atoms with Gasteiger partial charge in [0.2, 0.25) is 15.8 Å². The zero-order valence-corrected chi connectivity index (χ0v) is 13.2. The Kier molecular flexibility index (Phi) is 4.14. The van der Waals surface area contributed by atoms with E-state index in [2.05, 4.69) is 4.74 Å². The first-order valence-electron chi connectivity index (χ1n) is 6.62. The Morgan fingerprint density at radius 2 is 2.24 bits per heavy atom. The van der Waals surface area contributed by atoms with Crippen LogP contribution < -0.4 is 5.73 Å². The van der Waals surface area contributed by atoms with E-state index in [9.17, 15) is 13.2 Å². The van der Waals surface area contributed by atoms with Crippen LogP contribution in [-0.2, 0) is 14.8 Å². The number of nitrogens with two attached hydrogens (primary N) is 1. The molecule has 7 nitrogen and oxygen atoms in total. The number of rotatable bonds is 4. The van der Waals surface area contributed by atoms with E-state index in [1.54, 1.807) is 0 Å². The van der Waals surface area contributed by atoms with Crippen molar-refractivity contribution >= 4 is 16.0 Å². The minimum atomic E-state index is -3.70. The van der Waals surface area contributed by atoms with Crippen molar-refractivity contribution in [3.63, 3.8) is 0 Å². The molecule has 0 bridgehead atoms. The van der Waals surface area contributed by atoms with Crippen LogP contribution in [0.3, 0.4) is 0 Å². The smallest absolute Gasteiger partial charge is 0.373 e. The molecule has 118 valence electrons. The first-order chi connectivity index (χ1) is 9.73. The molecule has 1 aliphatic heterocycles. The van der Waals surface area contributed by atoms with Crippen molar-refractivity contribution < 1.29 is 22.4 Å². The third-order valence-electron chi connectivity index (χ3n) is 3.89. The minimum Gasteiger partial charge on any atom is -0.463 e. The van der Waals surface area contributed by atoms with Crippen LogP contribution in [0.25, 0.3) is 0 Å². The summed E-state index contributed by atoms with van der Waals surface area (Å²) in [7, 11) is -2.49. The van der Waals surface area contributed by atoms with Crippen molar-refractivity contribution in [1.29, 1.82) is 0 Å². The fraction of sp³-hybridized carbons (Fsp3) is 0.615. The van der Waals surface area contributed by atoms with Gasteiger partial charge in [0.25, 0.3) is 0 Å². The molecule has 21 heavy (non-hydrogen) atoms. The molecular weight excluding hydrogens is 296 g/mol. The van der Waals surface area contributed by atoms with Gasteiger partial charge in [-0.05, 0) is 25.3 Å². The first-order valence-corrected chi connectivity index (χ1v) is 8.06. The highest BCUT2D eigenvalue weighted by molar-refractivity contribution is 7.89. The third kappa shape index (κ3) is 2.83. The van der Waals surface area contributed by atoms with Gasteiger partial charge in [-0.3, -0.25) is 0 Å². The average molecular weight is 316 g/mol. The molecule has 0 radical (unpaired) electrons. The largest absolute Gasteiger partial charge is 0.463 e. The summed E-state index contributed by atoms with van der Waals surface area (Å²) in [6.45, 7) is 4.68. The van der Waals surface area contributed by atoms with E-state index in [4.69, 9.17) is 10.2 Å². The lowest BCUT2D eigenvalue weighted by Gasteiger charge is -2.22. The van der Waals surface area contributed by atoms with E-state index in [0.717, 1.165) is 0 Å². The zero-order chi connectivity index (χ0) is 15.8. The molecule has 2 heterocycles. The van der Waals surface area contributed by atoms with Gasteiger partial charge in [-0.25, -0.2) is 13.2 Å². The monoisotopic (exact) mass is 316 g/mol. The fourth-order valence-corrected chi connectivity index (χ4v) is 4.16. The van der Waals surface area contributed by atoms with Crippen LogP contribution in [-0.4, -0.2) is 45.4 Å². The van der Waals surface area contributed by atoms with Gasteiger partial charge in [-0.1, -0.05) is 6.92 Å². The number of hydrogen-bond acceptors (Lipinski definition) is 6. The molecule has 0 saturated carbocycles. The number of hydrogen-bond donors (Lipinski definition) is 1. The van der Waals surface area contributed by atoms with E-state index in [0.29, 0.717) is 26.1 Å². The Balaban J connectivity index is 2.33. The Bertz CT molecular complexity index is 652. The number of aryl methyl sites for hydroxylation is 1. The number of nitrogens with zero attached hydrogens (tertiary/aromatic N) is 1.